The molecule has 1 saturated heterocycles. The van der Waals surface area contributed by atoms with Gasteiger partial charge >= 0.3 is 6.09 Å². The van der Waals surface area contributed by atoms with Crippen molar-refractivity contribution in [2.75, 3.05) is 39.3 Å². The highest BCUT2D eigenvalue weighted by Crippen LogP contribution is 2.21. The van der Waals surface area contributed by atoms with E-state index in [0.29, 0.717) is 11.8 Å². The van der Waals surface area contributed by atoms with Gasteiger partial charge in [0.2, 0.25) is 0 Å². The average Bonchev–Trinajstić information content (AvgIpc) is 2.65. The summed E-state index contributed by atoms with van der Waals surface area (Å²) in [5, 5.41) is 16.0. The fourth-order valence-corrected chi connectivity index (χ4v) is 3.67. The van der Waals surface area contributed by atoms with E-state index in [-0.39, 0.29) is 36.7 Å². The molecule has 0 aliphatic carbocycles. The first-order valence-electron chi connectivity index (χ1n) is 11.4. The smallest absolute Gasteiger partial charge is 0.410 e. The van der Waals surface area contributed by atoms with Gasteiger partial charge < -0.3 is 25.4 Å². The molecule has 1 amide bonds. The maximum Gasteiger partial charge on any atom is 0.410 e. The largest absolute Gasteiger partial charge is 0.444 e. The minimum atomic E-state index is -0.450. The predicted octanol–water partition coefficient (Wildman–Crippen LogP) is 4.00. The number of carbonyl (C=O) groups is 1. The van der Waals surface area contributed by atoms with Crippen LogP contribution in [0.25, 0.3) is 0 Å². The molecule has 30 heavy (non-hydrogen) atoms. The summed E-state index contributed by atoms with van der Waals surface area (Å²) >= 11 is 0. The number of nitrogens with zero attached hydrogens (tertiary/aromatic N) is 2. The molecule has 0 radical (unpaired) electrons. The molecule has 178 valence electrons. The lowest BCUT2D eigenvalue weighted by Crippen LogP contribution is -2.44. The number of aliphatic imine (C=N–C) groups is 1. The molecule has 0 aromatic heterocycles. The molecular weight excluding hydrogens is 495 g/mol. The van der Waals surface area contributed by atoms with Gasteiger partial charge in [0.1, 0.15) is 5.60 Å². The van der Waals surface area contributed by atoms with Crippen molar-refractivity contribution in [1.29, 1.82) is 0 Å². The number of ether oxygens (including phenoxy) is 1. The number of rotatable bonds is 10. The van der Waals surface area contributed by atoms with Crippen molar-refractivity contribution < 1.29 is 14.6 Å². The number of amides is 1. The third kappa shape index (κ3) is 12.8. The van der Waals surface area contributed by atoms with Crippen molar-refractivity contribution in [2.45, 2.75) is 78.7 Å². The molecule has 1 fully saturated rings. The molecule has 1 rings (SSSR count). The van der Waals surface area contributed by atoms with Gasteiger partial charge in [-0.3, -0.25) is 4.99 Å². The number of guanidine groups is 1. The van der Waals surface area contributed by atoms with Crippen LogP contribution in [0.3, 0.4) is 0 Å². The van der Waals surface area contributed by atoms with Crippen molar-refractivity contribution in [2.24, 2.45) is 16.8 Å². The Bertz CT molecular complexity index is 491. The van der Waals surface area contributed by atoms with E-state index in [1.807, 2.05) is 25.7 Å². The Morgan fingerprint density at radius 3 is 2.60 bits per heavy atom. The third-order valence-corrected chi connectivity index (χ3v) is 5.10. The summed E-state index contributed by atoms with van der Waals surface area (Å²) in [5.41, 5.74) is -0.450. The zero-order valence-corrected chi connectivity index (χ0v) is 22.0. The lowest BCUT2D eigenvalue weighted by atomic mass is 9.95. The number of piperidine rings is 1. The van der Waals surface area contributed by atoms with Gasteiger partial charge in [0.15, 0.2) is 5.96 Å². The van der Waals surface area contributed by atoms with Crippen molar-refractivity contribution in [3.05, 3.63) is 0 Å². The van der Waals surface area contributed by atoms with E-state index in [9.17, 15) is 9.90 Å². The number of hydrogen-bond acceptors (Lipinski definition) is 4. The summed E-state index contributed by atoms with van der Waals surface area (Å²) in [7, 11) is 0. The van der Waals surface area contributed by atoms with Gasteiger partial charge in [0.25, 0.3) is 0 Å². The average molecular weight is 541 g/mol. The molecule has 1 heterocycles. The number of carbonyl (C=O) groups excluding carboxylic acids is 1. The number of aliphatic hydroxyl groups is 1. The van der Waals surface area contributed by atoms with Crippen LogP contribution in [0.4, 0.5) is 4.79 Å². The van der Waals surface area contributed by atoms with Crippen LogP contribution in [0.5, 0.6) is 0 Å². The summed E-state index contributed by atoms with van der Waals surface area (Å²) in [6.07, 6.45) is 5.97. The van der Waals surface area contributed by atoms with Crippen LogP contribution in [0.15, 0.2) is 4.99 Å². The zero-order chi connectivity index (χ0) is 21.7. The normalized spacial score (nSPS) is 18.4. The number of nitrogens with one attached hydrogen (secondary N) is 2. The molecule has 1 aliphatic heterocycles. The fraction of sp³-hybridized carbons (Fsp3) is 0.909. The maximum absolute atomic E-state index is 12.3. The van der Waals surface area contributed by atoms with Gasteiger partial charge in [0, 0.05) is 39.3 Å². The minimum absolute atomic E-state index is 0. The Morgan fingerprint density at radius 1 is 1.27 bits per heavy atom. The molecule has 2 unspecified atom stereocenters. The van der Waals surface area contributed by atoms with Crippen LogP contribution < -0.4 is 10.6 Å². The van der Waals surface area contributed by atoms with E-state index in [1.54, 1.807) is 0 Å². The van der Waals surface area contributed by atoms with Crippen molar-refractivity contribution in [3.63, 3.8) is 0 Å². The van der Waals surface area contributed by atoms with E-state index >= 15 is 0 Å². The van der Waals surface area contributed by atoms with E-state index in [2.05, 4.69) is 24.5 Å². The number of halogens is 1. The Kier molecular flexibility index (Phi) is 15.5. The van der Waals surface area contributed by atoms with Crippen LogP contribution in [0, 0.1) is 11.8 Å². The SMILES string of the molecule is CCCC(CCO)CN=C(NCC)NCCC1CCCN(C(=O)OC(C)(C)C)C1.I. The Balaban J connectivity index is 0.00000841. The second-order valence-corrected chi connectivity index (χ2v) is 9.04. The van der Waals surface area contributed by atoms with E-state index in [4.69, 9.17) is 9.73 Å². The van der Waals surface area contributed by atoms with Gasteiger partial charge in [-0.2, -0.15) is 0 Å². The molecule has 3 N–H and O–H groups in total. The summed E-state index contributed by atoms with van der Waals surface area (Å²) < 4.78 is 5.52. The standard InChI is InChI=1S/C22H44N4O3.HI/c1-6-9-18(12-15-27)16-25-20(23-7-2)24-13-11-19-10-8-14-26(17-19)21(28)29-22(3,4)5;/h18-19,27H,6-17H2,1-5H3,(H2,23,24,25);1H. The fourth-order valence-electron chi connectivity index (χ4n) is 3.67. The topological polar surface area (TPSA) is 86.2 Å². The summed E-state index contributed by atoms with van der Waals surface area (Å²) in [6.45, 7) is 14.1. The lowest BCUT2D eigenvalue weighted by Gasteiger charge is -2.34. The van der Waals surface area contributed by atoms with E-state index in [1.165, 1.54) is 0 Å². The number of hydrogen-bond donors (Lipinski definition) is 3. The van der Waals surface area contributed by atoms with Crippen molar-refractivity contribution in [1.82, 2.24) is 15.5 Å². The molecule has 0 saturated carbocycles. The van der Waals surface area contributed by atoms with Gasteiger partial charge in [-0.05, 0) is 71.6 Å². The summed E-state index contributed by atoms with van der Waals surface area (Å²) in [4.78, 5) is 18.9. The predicted molar refractivity (Wildman–Crippen MR) is 135 cm³/mol. The van der Waals surface area contributed by atoms with Crippen LogP contribution in [-0.4, -0.2) is 67.0 Å². The Labute approximate surface area is 200 Å². The first-order valence-corrected chi connectivity index (χ1v) is 11.4. The van der Waals surface area contributed by atoms with E-state index in [0.717, 1.165) is 77.2 Å². The first-order chi connectivity index (χ1) is 13.8. The molecule has 0 bridgehead atoms. The molecule has 8 heteroatoms. The second kappa shape index (κ2) is 15.9. The summed E-state index contributed by atoms with van der Waals surface area (Å²) in [5.74, 6) is 1.75. The zero-order valence-electron chi connectivity index (χ0n) is 19.7. The first kappa shape index (κ1) is 29.2. The maximum atomic E-state index is 12.3. The molecule has 0 aromatic carbocycles. The van der Waals surface area contributed by atoms with Gasteiger partial charge in [0.05, 0.1) is 0 Å². The van der Waals surface area contributed by atoms with Crippen LogP contribution in [0.2, 0.25) is 0 Å². The second-order valence-electron chi connectivity index (χ2n) is 9.04. The van der Waals surface area contributed by atoms with Crippen LogP contribution in [-0.2, 0) is 4.74 Å². The van der Waals surface area contributed by atoms with Crippen molar-refractivity contribution in [3.8, 4) is 0 Å². The Hall–Kier alpha value is -0.770. The lowest BCUT2D eigenvalue weighted by molar-refractivity contribution is 0.0162. The van der Waals surface area contributed by atoms with Crippen LogP contribution in [0.1, 0.15) is 73.1 Å². The molecule has 0 aromatic rings. The Morgan fingerprint density at radius 2 is 2.00 bits per heavy atom. The van der Waals surface area contributed by atoms with Gasteiger partial charge in [-0.25, -0.2) is 4.79 Å². The van der Waals surface area contributed by atoms with Crippen LogP contribution >= 0.6 is 24.0 Å². The van der Waals surface area contributed by atoms with E-state index < -0.39 is 5.60 Å². The highest BCUT2D eigenvalue weighted by atomic mass is 127. The van der Waals surface area contributed by atoms with Crippen molar-refractivity contribution >= 4 is 36.0 Å². The number of likely N-dealkylation sites (tertiary alicyclic amines) is 1. The quantitative estimate of drug-likeness (QED) is 0.222. The molecule has 2 atom stereocenters. The summed E-state index contributed by atoms with van der Waals surface area (Å²) in [6, 6.07) is 0. The molecular formula is C22H45IN4O3. The molecule has 7 nitrogen and oxygen atoms in total. The third-order valence-electron chi connectivity index (χ3n) is 5.10. The van der Waals surface area contributed by atoms with Gasteiger partial charge in [-0.1, -0.05) is 13.3 Å². The van der Waals surface area contributed by atoms with Gasteiger partial charge in [-0.15, -0.1) is 24.0 Å². The monoisotopic (exact) mass is 540 g/mol. The molecule has 0 spiro atoms. The highest BCUT2D eigenvalue weighted by Gasteiger charge is 2.27. The number of aliphatic hydroxyl groups excluding tert-OH is 1. The minimum Gasteiger partial charge on any atom is -0.444 e. The highest BCUT2D eigenvalue weighted by molar-refractivity contribution is 14.0. The molecule has 1 aliphatic rings.